The molecule has 0 N–H and O–H groups in total. The van der Waals surface area contributed by atoms with Gasteiger partial charge in [-0.05, 0) is 58.5 Å². The van der Waals surface area contributed by atoms with Gasteiger partial charge in [-0.1, -0.05) is 53.7 Å². The Morgan fingerprint density at radius 2 is 1.58 bits per heavy atom. The van der Waals surface area contributed by atoms with Crippen molar-refractivity contribution in [1.29, 1.82) is 0 Å². The standard InChI is InChI=1S/C26H38O5SSi/c1-15(2)33(16(3)4,17(5)6)31-21-13-12-18-10-11-19(14-20(18)21)23(32-9)22-24(27)29-26(7,8)30-25(22)28/h10-11,14-17,21H,12-13H2,1-9H3. The lowest BCUT2D eigenvalue weighted by atomic mass is 10.0. The van der Waals surface area contributed by atoms with E-state index in [4.69, 9.17) is 13.9 Å². The van der Waals surface area contributed by atoms with Gasteiger partial charge >= 0.3 is 11.9 Å². The molecule has 0 aromatic heterocycles. The second-order valence-corrected chi connectivity index (χ2v) is 16.7. The third-order valence-electron chi connectivity index (χ3n) is 7.00. The van der Waals surface area contributed by atoms with Crippen LogP contribution in [0.5, 0.6) is 0 Å². The van der Waals surface area contributed by atoms with Crippen LogP contribution in [0.1, 0.15) is 84.6 Å². The summed E-state index contributed by atoms with van der Waals surface area (Å²) in [5, 5.41) is 0. The number of thioether (sulfide) groups is 1. The van der Waals surface area contributed by atoms with Crippen LogP contribution in [0.4, 0.5) is 0 Å². The minimum absolute atomic E-state index is 0.0347. The van der Waals surface area contributed by atoms with Crippen LogP contribution >= 0.6 is 11.8 Å². The third kappa shape index (κ3) is 4.82. The number of hydrogen-bond donors (Lipinski definition) is 0. The largest absolute Gasteiger partial charge is 0.419 e. The number of carbonyl (C=O) groups is 2. The number of carbonyl (C=O) groups excluding carboxylic acids is 2. The molecule has 0 bridgehead atoms. The van der Waals surface area contributed by atoms with Crippen LogP contribution in [0.2, 0.25) is 16.6 Å². The Morgan fingerprint density at radius 1 is 1.03 bits per heavy atom. The molecular formula is C26H38O5SSi. The van der Waals surface area contributed by atoms with E-state index in [1.807, 2.05) is 12.3 Å². The average molecular weight is 491 g/mol. The molecule has 33 heavy (non-hydrogen) atoms. The number of benzene rings is 1. The molecule has 1 unspecified atom stereocenters. The lowest BCUT2D eigenvalue weighted by Crippen LogP contribution is -2.48. The van der Waals surface area contributed by atoms with Crippen LogP contribution in [0.25, 0.3) is 4.91 Å². The predicted molar refractivity (Wildman–Crippen MR) is 136 cm³/mol. The Kier molecular flexibility index (Phi) is 7.56. The first kappa shape index (κ1) is 26.0. The summed E-state index contributed by atoms with van der Waals surface area (Å²) in [5.41, 5.74) is 4.76. The quantitative estimate of drug-likeness (QED) is 0.182. The van der Waals surface area contributed by atoms with E-state index >= 15 is 0 Å². The van der Waals surface area contributed by atoms with Gasteiger partial charge < -0.3 is 13.9 Å². The molecule has 1 heterocycles. The van der Waals surface area contributed by atoms with Crippen molar-refractivity contribution in [3.63, 3.8) is 0 Å². The summed E-state index contributed by atoms with van der Waals surface area (Å²) in [4.78, 5) is 26.0. The number of esters is 2. The highest BCUT2D eigenvalue weighted by molar-refractivity contribution is 8.07. The van der Waals surface area contributed by atoms with Crippen molar-refractivity contribution >= 4 is 36.9 Å². The number of rotatable bonds is 7. The van der Waals surface area contributed by atoms with Crippen LogP contribution in [0.3, 0.4) is 0 Å². The predicted octanol–water partition coefficient (Wildman–Crippen LogP) is 6.78. The number of hydrogen-bond acceptors (Lipinski definition) is 6. The molecule has 1 aliphatic carbocycles. The van der Waals surface area contributed by atoms with Gasteiger partial charge in [-0.2, -0.15) is 0 Å². The van der Waals surface area contributed by atoms with Gasteiger partial charge in [0.2, 0.25) is 8.32 Å². The molecule has 1 saturated heterocycles. The molecule has 5 nitrogen and oxygen atoms in total. The summed E-state index contributed by atoms with van der Waals surface area (Å²) in [5.74, 6) is -2.53. The van der Waals surface area contributed by atoms with Crippen molar-refractivity contribution in [3.05, 3.63) is 40.5 Å². The summed E-state index contributed by atoms with van der Waals surface area (Å²) in [7, 11) is -2.05. The topological polar surface area (TPSA) is 61.8 Å². The van der Waals surface area contributed by atoms with E-state index in [2.05, 4.69) is 53.7 Å². The molecule has 1 aromatic carbocycles. The molecule has 0 amide bonds. The van der Waals surface area contributed by atoms with Crippen molar-refractivity contribution in [3.8, 4) is 0 Å². The first-order valence-electron chi connectivity index (χ1n) is 11.9. The Hall–Kier alpha value is -1.57. The SMILES string of the molecule is CSC(=C1C(=O)OC(C)(C)OC1=O)c1ccc2c(c1)C(O[Si](C(C)C)(C(C)C)C(C)C)CC2. The maximum absolute atomic E-state index is 12.7. The van der Waals surface area contributed by atoms with Crippen molar-refractivity contribution in [2.45, 2.75) is 96.7 Å². The van der Waals surface area contributed by atoms with E-state index in [1.54, 1.807) is 13.8 Å². The van der Waals surface area contributed by atoms with Crippen LogP contribution in [0.15, 0.2) is 23.8 Å². The van der Waals surface area contributed by atoms with Crippen molar-refractivity contribution in [2.24, 2.45) is 0 Å². The summed E-state index contributed by atoms with van der Waals surface area (Å²) < 4.78 is 17.8. The van der Waals surface area contributed by atoms with Crippen LogP contribution in [0, 0.1) is 0 Å². The summed E-state index contributed by atoms with van der Waals surface area (Å²) in [6.07, 6.45) is 3.83. The molecule has 1 fully saturated rings. The van der Waals surface area contributed by atoms with E-state index < -0.39 is 26.0 Å². The second kappa shape index (κ2) is 9.59. The van der Waals surface area contributed by atoms with Gasteiger partial charge in [-0.15, -0.1) is 11.8 Å². The van der Waals surface area contributed by atoms with E-state index in [1.165, 1.54) is 22.9 Å². The molecule has 2 aliphatic rings. The molecule has 182 valence electrons. The lowest BCUT2D eigenvalue weighted by Gasteiger charge is -2.44. The minimum atomic E-state index is -2.05. The Balaban J connectivity index is 2.03. The fraction of sp³-hybridized carbons (Fsp3) is 0.615. The Bertz CT molecular complexity index is 920. The molecule has 0 spiro atoms. The van der Waals surface area contributed by atoms with Gasteiger partial charge in [0.05, 0.1) is 6.10 Å². The Labute approximate surface area is 203 Å². The van der Waals surface area contributed by atoms with Gasteiger partial charge in [0.25, 0.3) is 5.79 Å². The highest BCUT2D eigenvalue weighted by Gasteiger charge is 2.47. The maximum atomic E-state index is 12.7. The van der Waals surface area contributed by atoms with Crippen molar-refractivity contribution in [1.82, 2.24) is 0 Å². The van der Waals surface area contributed by atoms with Crippen LogP contribution in [-0.2, 0) is 29.9 Å². The zero-order valence-corrected chi connectivity index (χ0v) is 23.2. The van der Waals surface area contributed by atoms with Crippen molar-refractivity contribution < 1.29 is 23.5 Å². The first-order valence-corrected chi connectivity index (χ1v) is 15.3. The summed E-state index contributed by atoms with van der Waals surface area (Å²) in [6.45, 7) is 16.9. The number of ether oxygens (including phenoxy) is 2. The zero-order valence-electron chi connectivity index (χ0n) is 21.4. The molecular weight excluding hydrogens is 452 g/mol. The molecule has 1 aliphatic heterocycles. The zero-order chi connectivity index (χ0) is 24.7. The van der Waals surface area contributed by atoms with Crippen LogP contribution < -0.4 is 0 Å². The fourth-order valence-electron chi connectivity index (χ4n) is 5.69. The monoisotopic (exact) mass is 490 g/mol. The van der Waals surface area contributed by atoms with Gasteiger partial charge in [-0.3, -0.25) is 0 Å². The van der Waals surface area contributed by atoms with E-state index in [0.717, 1.165) is 18.4 Å². The smallest absolute Gasteiger partial charge is 0.350 e. The average Bonchev–Trinajstić information content (AvgIpc) is 3.09. The number of cyclic esters (lactones) is 2. The highest BCUT2D eigenvalue weighted by Crippen LogP contribution is 2.48. The van der Waals surface area contributed by atoms with Crippen LogP contribution in [-0.4, -0.2) is 32.3 Å². The lowest BCUT2D eigenvalue weighted by molar-refractivity contribution is -0.222. The minimum Gasteiger partial charge on any atom is -0.419 e. The molecule has 3 rings (SSSR count). The number of fused-ring (bicyclic) bond motifs is 1. The highest BCUT2D eigenvalue weighted by atomic mass is 32.2. The maximum Gasteiger partial charge on any atom is 0.350 e. The van der Waals surface area contributed by atoms with Gasteiger partial charge in [0, 0.05) is 18.8 Å². The molecule has 0 radical (unpaired) electrons. The van der Waals surface area contributed by atoms with Crippen molar-refractivity contribution in [2.75, 3.05) is 6.26 Å². The van der Waals surface area contributed by atoms with E-state index in [9.17, 15) is 9.59 Å². The van der Waals surface area contributed by atoms with Gasteiger partial charge in [-0.25, -0.2) is 9.59 Å². The van der Waals surface area contributed by atoms with Gasteiger partial charge in [0.1, 0.15) is 0 Å². The third-order valence-corrected chi connectivity index (χ3v) is 14.0. The molecule has 1 aromatic rings. The van der Waals surface area contributed by atoms with Gasteiger partial charge in [0.15, 0.2) is 5.57 Å². The van der Waals surface area contributed by atoms with E-state index in [-0.39, 0.29) is 11.7 Å². The summed E-state index contributed by atoms with van der Waals surface area (Å²) >= 11 is 1.36. The molecule has 1 atom stereocenters. The Morgan fingerprint density at radius 3 is 2.06 bits per heavy atom. The second-order valence-electron chi connectivity index (χ2n) is 10.5. The summed E-state index contributed by atoms with van der Waals surface area (Å²) in [6, 6.07) is 6.20. The molecule has 0 saturated carbocycles. The first-order chi connectivity index (χ1) is 15.3. The normalized spacial score (nSPS) is 20.4. The molecule has 7 heteroatoms. The fourth-order valence-corrected chi connectivity index (χ4v) is 12.0. The number of aryl methyl sites for hydroxylation is 1. The van der Waals surface area contributed by atoms with E-state index in [0.29, 0.717) is 21.5 Å².